The molecular formula is C8H15NO3. The lowest BCUT2D eigenvalue weighted by Crippen LogP contribution is -2.36. The van der Waals surface area contributed by atoms with E-state index in [9.17, 15) is 4.79 Å². The third-order valence-electron chi connectivity index (χ3n) is 1.93. The SMILES string of the molecule is CCOCC1COC(=O)N1CC. The van der Waals surface area contributed by atoms with Crippen molar-refractivity contribution in [2.75, 3.05) is 26.4 Å². The van der Waals surface area contributed by atoms with E-state index in [0.717, 1.165) is 0 Å². The van der Waals surface area contributed by atoms with Crippen molar-refractivity contribution in [2.24, 2.45) is 0 Å². The van der Waals surface area contributed by atoms with Gasteiger partial charge in [-0.1, -0.05) is 0 Å². The van der Waals surface area contributed by atoms with Crippen molar-refractivity contribution in [2.45, 2.75) is 19.9 Å². The van der Waals surface area contributed by atoms with Gasteiger partial charge in [-0.05, 0) is 13.8 Å². The molecule has 0 saturated carbocycles. The van der Waals surface area contributed by atoms with E-state index >= 15 is 0 Å². The lowest BCUT2D eigenvalue weighted by atomic mass is 10.3. The Morgan fingerprint density at radius 3 is 3.00 bits per heavy atom. The van der Waals surface area contributed by atoms with Crippen LogP contribution in [0.2, 0.25) is 0 Å². The van der Waals surface area contributed by atoms with E-state index in [1.54, 1.807) is 4.90 Å². The first-order valence-corrected chi connectivity index (χ1v) is 4.30. The Balaban J connectivity index is 2.38. The van der Waals surface area contributed by atoms with Gasteiger partial charge in [0.2, 0.25) is 0 Å². The van der Waals surface area contributed by atoms with Crippen molar-refractivity contribution in [3.05, 3.63) is 0 Å². The van der Waals surface area contributed by atoms with Crippen LogP contribution in [0.3, 0.4) is 0 Å². The van der Waals surface area contributed by atoms with Gasteiger partial charge < -0.3 is 9.47 Å². The van der Waals surface area contributed by atoms with E-state index in [-0.39, 0.29) is 12.1 Å². The van der Waals surface area contributed by atoms with E-state index in [1.807, 2.05) is 13.8 Å². The topological polar surface area (TPSA) is 38.8 Å². The zero-order chi connectivity index (χ0) is 8.97. The van der Waals surface area contributed by atoms with Crippen molar-refractivity contribution in [1.29, 1.82) is 0 Å². The van der Waals surface area contributed by atoms with Gasteiger partial charge in [0.05, 0.1) is 12.6 Å². The molecule has 4 nitrogen and oxygen atoms in total. The molecule has 1 rings (SSSR count). The standard InChI is InChI=1S/C8H15NO3/c1-3-9-7(5-11-4-2)6-12-8(9)10/h7H,3-6H2,1-2H3. The number of likely N-dealkylation sites (N-methyl/N-ethyl adjacent to an activating group) is 1. The molecule has 0 radical (unpaired) electrons. The molecule has 0 spiro atoms. The van der Waals surface area contributed by atoms with Crippen LogP contribution in [-0.4, -0.2) is 43.4 Å². The summed E-state index contributed by atoms with van der Waals surface area (Å²) in [5.74, 6) is 0. The molecule has 0 aliphatic carbocycles. The van der Waals surface area contributed by atoms with Gasteiger partial charge in [0.1, 0.15) is 6.61 Å². The number of carbonyl (C=O) groups excluding carboxylic acids is 1. The number of amides is 1. The lowest BCUT2D eigenvalue weighted by Gasteiger charge is -2.18. The summed E-state index contributed by atoms with van der Waals surface area (Å²) in [4.78, 5) is 12.7. The van der Waals surface area contributed by atoms with Crippen LogP contribution >= 0.6 is 0 Å². The Morgan fingerprint density at radius 1 is 1.67 bits per heavy atom. The number of hydrogen-bond donors (Lipinski definition) is 0. The van der Waals surface area contributed by atoms with Gasteiger partial charge in [-0.25, -0.2) is 4.79 Å². The molecule has 70 valence electrons. The molecule has 12 heavy (non-hydrogen) atoms. The van der Waals surface area contributed by atoms with Crippen molar-refractivity contribution in [3.63, 3.8) is 0 Å². The molecule has 1 atom stereocenters. The minimum absolute atomic E-state index is 0.113. The predicted molar refractivity (Wildman–Crippen MR) is 44.0 cm³/mol. The van der Waals surface area contributed by atoms with E-state index < -0.39 is 0 Å². The summed E-state index contributed by atoms with van der Waals surface area (Å²) in [6.07, 6.45) is -0.220. The monoisotopic (exact) mass is 173 g/mol. The van der Waals surface area contributed by atoms with Gasteiger partial charge in [-0.2, -0.15) is 0 Å². The predicted octanol–water partition coefficient (Wildman–Crippen LogP) is 0.864. The maximum Gasteiger partial charge on any atom is 0.410 e. The van der Waals surface area contributed by atoms with Gasteiger partial charge in [0.15, 0.2) is 0 Å². The molecule has 1 amide bonds. The highest BCUT2D eigenvalue weighted by Gasteiger charge is 2.31. The molecule has 1 saturated heterocycles. The lowest BCUT2D eigenvalue weighted by molar-refractivity contribution is 0.0966. The minimum atomic E-state index is -0.220. The molecule has 1 fully saturated rings. The second-order valence-corrected chi connectivity index (χ2v) is 2.68. The van der Waals surface area contributed by atoms with E-state index in [1.165, 1.54) is 0 Å². The van der Waals surface area contributed by atoms with Crippen molar-refractivity contribution in [1.82, 2.24) is 4.90 Å². The minimum Gasteiger partial charge on any atom is -0.447 e. The van der Waals surface area contributed by atoms with Crippen molar-refractivity contribution >= 4 is 6.09 Å². The van der Waals surface area contributed by atoms with Crippen LogP contribution in [0.4, 0.5) is 4.79 Å². The number of carbonyl (C=O) groups is 1. The molecule has 4 heteroatoms. The third kappa shape index (κ3) is 1.88. The van der Waals surface area contributed by atoms with E-state index in [2.05, 4.69) is 0 Å². The fraction of sp³-hybridized carbons (Fsp3) is 0.875. The van der Waals surface area contributed by atoms with Gasteiger partial charge in [0.25, 0.3) is 0 Å². The van der Waals surface area contributed by atoms with Gasteiger partial charge >= 0.3 is 6.09 Å². The van der Waals surface area contributed by atoms with Gasteiger partial charge in [0, 0.05) is 13.2 Å². The van der Waals surface area contributed by atoms with Gasteiger partial charge in [-0.15, -0.1) is 0 Å². The molecule has 1 heterocycles. The van der Waals surface area contributed by atoms with Gasteiger partial charge in [-0.3, -0.25) is 4.90 Å². The zero-order valence-corrected chi connectivity index (χ0v) is 7.58. The highest BCUT2D eigenvalue weighted by Crippen LogP contribution is 2.11. The summed E-state index contributed by atoms with van der Waals surface area (Å²) in [5, 5.41) is 0. The van der Waals surface area contributed by atoms with Crippen LogP contribution in [0.5, 0.6) is 0 Å². The molecule has 1 aliphatic heterocycles. The second-order valence-electron chi connectivity index (χ2n) is 2.68. The van der Waals surface area contributed by atoms with Crippen LogP contribution in [0.15, 0.2) is 0 Å². The molecule has 0 aromatic carbocycles. The quantitative estimate of drug-likeness (QED) is 0.633. The van der Waals surface area contributed by atoms with E-state index in [4.69, 9.17) is 9.47 Å². The Bertz CT molecular complexity index is 160. The molecule has 0 bridgehead atoms. The second kappa shape index (κ2) is 4.30. The van der Waals surface area contributed by atoms with E-state index in [0.29, 0.717) is 26.4 Å². The average molecular weight is 173 g/mol. The van der Waals surface area contributed by atoms with Crippen LogP contribution in [-0.2, 0) is 9.47 Å². The number of nitrogens with zero attached hydrogens (tertiary/aromatic N) is 1. The summed E-state index contributed by atoms with van der Waals surface area (Å²) < 4.78 is 10.1. The number of hydrogen-bond acceptors (Lipinski definition) is 3. The molecule has 0 N–H and O–H groups in total. The smallest absolute Gasteiger partial charge is 0.410 e. The maximum atomic E-state index is 11.0. The third-order valence-corrected chi connectivity index (χ3v) is 1.93. The maximum absolute atomic E-state index is 11.0. The largest absolute Gasteiger partial charge is 0.447 e. The first kappa shape index (κ1) is 9.32. The number of cyclic esters (lactones) is 1. The Kier molecular flexibility index (Phi) is 3.34. The summed E-state index contributed by atoms with van der Waals surface area (Å²) in [6, 6.07) is 0.113. The van der Waals surface area contributed by atoms with Crippen molar-refractivity contribution in [3.8, 4) is 0 Å². The average Bonchev–Trinajstić information content (AvgIpc) is 2.43. The summed E-state index contributed by atoms with van der Waals surface area (Å²) in [7, 11) is 0. The highest BCUT2D eigenvalue weighted by molar-refractivity contribution is 5.70. The van der Waals surface area contributed by atoms with Crippen LogP contribution in [0, 0.1) is 0 Å². The first-order chi connectivity index (χ1) is 5.79. The Morgan fingerprint density at radius 2 is 2.42 bits per heavy atom. The molecule has 0 aromatic rings. The molecule has 1 aliphatic rings. The zero-order valence-electron chi connectivity index (χ0n) is 7.58. The van der Waals surface area contributed by atoms with Crippen LogP contribution < -0.4 is 0 Å². The van der Waals surface area contributed by atoms with Crippen LogP contribution in [0.1, 0.15) is 13.8 Å². The normalized spacial score (nSPS) is 23.0. The molecule has 1 unspecified atom stereocenters. The van der Waals surface area contributed by atoms with Crippen molar-refractivity contribution < 1.29 is 14.3 Å². The first-order valence-electron chi connectivity index (χ1n) is 4.30. The van der Waals surface area contributed by atoms with Crippen LogP contribution in [0.25, 0.3) is 0 Å². The summed E-state index contributed by atoms with van der Waals surface area (Å²) in [6.45, 7) is 6.29. The number of rotatable bonds is 4. The number of ether oxygens (including phenoxy) is 2. The fourth-order valence-corrected chi connectivity index (χ4v) is 1.27. The summed E-state index contributed by atoms with van der Waals surface area (Å²) in [5.41, 5.74) is 0. The Hall–Kier alpha value is -0.770. The Labute approximate surface area is 72.4 Å². The summed E-state index contributed by atoms with van der Waals surface area (Å²) >= 11 is 0. The molecular weight excluding hydrogens is 158 g/mol. The fourth-order valence-electron chi connectivity index (χ4n) is 1.27. The highest BCUT2D eigenvalue weighted by atomic mass is 16.6. The molecule has 0 aromatic heterocycles.